The van der Waals surface area contributed by atoms with Gasteiger partial charge < -0.3 is 81.3 Å². The van der Waals surface area contributed by atoms with E-state index in [0.29, 0.717) is 263 Å². The number of carbonyl (C=O) groups is 5. The van der Waals surface area contributed by atoms with Crippen LogP contribution < -0.4 is 28.7 Å². The molecule has 33 nitrogen and oxygen atoms in total. The zero-order valence-corrected chi connectivity index (χ0v) is 73.5. The predicted molar refractivity (Wildman–Crippen MR) is 488 cm³/mol. The molecule has 2 atom stereocenters. The molecule has 638 valence electrons. The Labute approximate surface area is 742 Å². The molecule has 10 N–H and O–H groups in total. The first-order chi connectivity index (χ1) is 60.5. The van der Waals surface area contributed by atoms with E-state index in [2.05, 4.69) is 71.6 Å². The van der Waals surface area contributed by atoms with Gasteiger partial charge >= 0.3 is 0 Å². The molecule has 2 aromatic carbocycles. The second-order valence-corrected chi connectivity index (χ2v) is 35.8. The van der Waals surface area contributed by atoms with E-state index in [1.54, 1.807) is 56.1 Å². The standard InChI is InChI=1S/C21H20N4O2S.C19H16N4O2S.C16H16N4O3S.C15H15N5O2S2.C14H13N5O2S2/c1-4-14-6-5-7-15(8-14)19-23-18(22)16-9-17(28-20(16)24-19)21(26)25-10-12(2)27-13(3)11-25;1-2-12-4-3-5-13(10-12)17-21-16(20)14-11-15(26-18(14)22-17)19(24)23-6-8-25-9-7-23;1-9-2-3-11(23-9)14-18-13(17)10-8-12(24-15(10)19-14)16(21)20-4-6-22-7-5-20;1-8-7-23-14(17-8)12-18-11(16)9-6-10(24-13(9)19-12)15(21)20-2-4-22-5-3-20;15-10-8-7-9(14(20)19-2-4-21-5-3-19)23-12(8)18-11(17-10)13-16-1-6-22-13/h1,5-9,12-13H,10-11H2,2-3H3,(H2,22,23,24);1,3-5,10-11H,6-9H2,(H2,20,21,22);2-3,8H,4-7H2,1H3,(H2,17,18,19);6-7H,2-5H2,1H3,(H2,16,18,19);1,6-7H,2-5H2,(H2,15,17,18)/t12-,13+;;;;. The van der Waals surface area contributed by atoms with Crippen molar-refractivity contribution in [2.24, 2.45) is 0 Å². The third-order valence-corrected chi connectivity index (χ3v) is 26.8. The van der Waals surface area contributed by atoms with Gasteiger partial charge in [0.05, 0.1) is 116 Å². The van der Waals surface area contributed by atoms with Gasteiger partial charge in [0.15, 0.2) is 44.9 Å². The van der Waals surface area contributed by atoms with Gasteiger partial charge in [0.2, 0.25) is 0 Å². The summed E-state index contributed by atoms with van der Waals surface area (Å²) >= 11 is 9.60. The maximum atomic E-state index is 13.0. The number of nitrogens with two attached hydrogens (primary N) is 5. The zero-order chi connectivity index (χ0) is 87.1. The number of aromatic nitrogens is 12. The number of furan rings is 1. The average Bonchev–Trinajstić information content (AvgIpc) is 1.66. The van der Waals surface area contributed by atoms with Crippen LogP contribution in [0.2, 0.25) is 0 Å². The minimum absolute atomic E-state index is 0.00709. The highest BCUT2D eigenvalue weighted by Gasteiger charge is 2.31. The maximum Gasteiger partial charge on any atom is 0.264 e. The molecule has 125 heavy (non-hydrogen) atoms. The van der Waals surface area contributed by atoms with Crippen LogP contribution in [-0.2, 0) is 23.7 Å². The number of aryl methyl sites for hydroxylation is 2. The monoisotopic (exact) mass is 1810 g/mol. The Morgan fingerprint density at radius 2 is 0.736 bits per heavy atom. The number of benzene rings is 2. The van der Waals surface area contributed by atoms with Crippen molar-refractivity contribution in [2.45, 2.75) is 39.9 Å². The summed E-state index contributed by atoms with van der Waals surface area (Å²) < 4.78 is 32.4. The van der Waals surface area contributed by atoms with E-state index in [1.807, 2.05) is 104 Å². The van der Waals surface area contributed by atoms with Crippen LogP contribution in [0.25, 0.3) is 107 Å². The molecule has 0 aliphatic carbocycles. The number of ether oxygens (including phenoxy) is 5. The van der Waals surface area contributed by atoms with Gasteiger partial charge in [-0.2, -0.15) is 0 Å². The fourth-order valence-corrected chi connectivity index (χ4v) is 20.2. The Kier molecular flexibility index (Phi) is 26.3. The lowest BCUT2D eigenvalue weighted by atomic mass is 10.1. The van der Waals surface area contributed by atoms with Crippen molar-refractivity contribution in [3.8, 4) is 80.7 Å². The van der Waals surface area contributed by atoms with Crippen molar-refractivity contribution in [2.75, 3.05) is 147 Å². The number of fused-ring (bicyclic) bond motifs is 5. The van der Waals surface area contributed by atoms with Gasteiger partial charge in [-0.15, -0.1) is 92.2 Å². The van der Waals surface area contributed by atoms with Crippen molar-refractivity contribution < 1.29 is 52.1 Å². The highest BCUT2D eigenvalue weighted by Crippen LogP contribution is 2.38. The highest BCUT2D eigenvalue weighted by molar-refractivity contribution is 7.22. The lowest BCUT2D eigenvalue weighted by Gasteiger charge is -2.35. The number of carbonyl (C=O) groups excluding carboxylic acids is 5. The van der Waals surface area contributed by atoms with Gasteiger partial charge in [-0.3, -0.25) is 24.0 Å². The van der Waals surface area contributed by atoms with Gasteiger partial charge in [0.1, 0.15) is 59.0 Å². The summed E-state index contributed by atoms with van der Waals surface area (Å²) in [6, 6.07) is 27.4. The highest BCUT2D eigenvalue weighted by atomic mass is 32.1. The van der Waals surface area contributed by atoms with Gasteiger partial charge in [-0.05, 0) is 94.4 Å². The number of rotatable bonds is 10. The molecule has 40 heteroatoms. The number of amides is 5. The normalized spacial score (nSPS) is 16.0. The lowest BCUT2D eigenvalue weighted by Crippen LogP contribution is -2.48. The summed E-state index contributed by atoms with van der Waals surface area (Å²) in [5.41, 5.74) is 34.5. The van der Waals surface area contributed by atoms with Crippen molar-refractivity contribution in [3.05, 3.63) is 155 Å². The lowest BCUT2D eigenvalue weighted by molar-refractivity contribution is -0.0585. The molecule has 5 fully saturated rings. The first-order valence-electron chi connectivity index (χ1n) is 39.4. The smallest absolute Gasteiger partial charge is 0.264 e. The van der Waals surface area contributed by atoms with Gasteiger partial charge in [0, 0.05) is 110 Å². The summed E-state index contributed by atoms with van der Waals surface area (Å²) in [6.07, 6.45) is 12.7. The van der Waals surface area contributed by atoms with Crippen LogP contribution in [0.3, 0.4) is 0 Å². The molecule has 13 aromatic heterocycles. The number of nitrogen functional groups attached to an aromatic ring is 5. The Bertz CT molecular complexity index is 6480. The molecular weight excluding hydrogens is 1730 g/mol. The molecule has 0 radical (unpaired) electrons. The molecule has 5 aliphatic heterocycles. The predicted octanol–water partition coefficient (Wildman–Crippen LogP) is 11.9. The van der Waals surface area contributed by atoms with E-state index in [0.717, 1.165) is 38.7 Å². The average molecular weight is 1810 g/mol. The Hall–Kier alpha value is -12.6. The molecule has 18 heterocycles. The topological polar surface area (TPSA) is 446 Å². The van der Waals surface area contributed by atoms with E-state index in [9.17, 15) is 24.0 Å². The van der Waals surface area contributed by atoms with Gasteiger partial charge in [-0.25, -0.2) is 59.8 Å². The number of thiazole rings is 2. The minimum atomic E-state index is -0.0275. The molecule has 15 aromatic rings. The third-order valence-electron chi connectivity index (χ3n) is 20.0. The summed E-state index contributed by atoms with van der Waals surface area (Å²) in [5.74, 6) is 10.7. The maximum absolute atomic E-state index is 13.0. The Morgan fingerprint density at radius 3 is 1.06 bits per heavy atom. The largest absolute Gasteiger partial charge is 0.458 e. The van der Waals surface area contributed by atoms with E-state index in [1.165, 1.54) is 79.4 Å². The number of nitrogens with zero attached hydrogens (tertiary/aromatic N) is 17. The van der Waals surface area contributed by atoms with E-state index < -0.39 is 0 Å². The molecule has 5 saturated heterocycles. The second-order valence-electron chi connectivity index (χ2n) is 28.9. The molecule has 20 rings (SSSR count). The number of hydrogen-bond donors (Lipinski definition) is 5. The van der Waals surface area contributed by atoms with Crippen molar-refractivity contribution in [3.63, 3.8) is 0 Å². The summed E-state index contributed by atoms with van der Waals surface area (Å²) in [6.45, 7) is 18.3. The molecule has 0 bridgehead atoms. The number of anilines is 5. The first kappa shape index (κ1) is 86.0. The van der Waals surface area contributed by atoms with Gasteiger partial charge in [-0.1, -0.05) is 36.1 Å². The van der Waals surface area contributed by atoms with Crippen molar-refractivity contribution >= 4 is 189 Å². The molecular formula is C85H80N22O11S7. The quantitative estimate of drug-likeness (QED) is 0.0794. The van der Waals surface area contributed by atoms with E-state index in [-0.39, 0.29) is 41.7 Å². The fourth-order valence-electron chi connectivity index (χ4n) is 13.8. The number of thiophene rings is 5. The summed E-state index contributed by atoms with van der Waals surface area (Å²) in [5, 5.41) is 8.78. The summed E-state index contributed by atoms with van der Waals surface area (Å²) in [7, 11) is 0. The van der Waals surface area contributed by atoms with Crippen LogP contribution in [0, 0.1) is 38.5 Å². The number of hydrogen-bond acceptors (Lipinski definition) is 35. The fraction of sp³-hybridized carbons (Fsp3) is 0.282. The van der Waals surface area contributed by atoms with Crippen molar-refractivity contribution in [1.82, 2.24) is 84.3 Å². The Morgan fingerprint density at radius 1 is 0.400 bits per heavy atom. The third kappa shape index (κ3) is 19.7. The van der Waals surface area contributed by atoms with Crippen LogP contribution >= 0.6 is 79.4 Å². The SMILES string of the molecule is C#Cc1cccc(-c2nc(N)c3cc(C(=O)N4CCOCC4)sc3n2)c1.C#Cc1cccc(-c2nc(N)c3cc(C(=O)N4C[C@@H](C)O[C@@H](C)C4)sc3n2)c1.Cc1ccc(-c2nc(N)c3cc(C(=O)N4CCOCC4)sc3n2)o1.Cc1csc(-c2nc(N)c3cc(C(=O)N4CCOCC4)sc3n2)n1.Nc1nc(-c2nccs2)nc2sc(C(=O)N3CCOCC3)cc12. The minimum Gasteiger partial charge on any atom is -0.458 e. The Balaban J connectivity index is 0.000000115. The molecule has 0 saturated carbocycles. The van der Waals surface area contributed by atoms with E-state index >= 15 is 0 Å². The van der Waals surface area contributed by atoms with Gasteiger partial charge in [0.25, 0.3) is 29.5 Å². The van der Waals surface area contributed by atoms with Crippen molar-refractivity contribution in [1.29, 1.82) is 0 Å². The second kappa shape index (κ2) is 38.3. The van der Waals surface area contributed by atoms with Crippen LogP contribution in [0.15, 0.2) is 112 Å². The number of morpholine rings is 5. The van der Waals surface area contributed by atoms with Crippen LogP contribution in [0.1, 0.15) is 84.8 Å². The van der Waals surface area contributed by atoms with Crippen LogP contribution in [0.5, 0.6) is 0 Å². The zero-order valence-electron chi connectivity index (χ0n) is 67.8. The first-order valence-corrected chi connectivity index (χ1v) is 45.2. The van der Waals surface area contributed by atoms with Crippen LogP contribution in [-0.4, -0.2) is 244 Å². The van der Waals surface area contributed by atoms with E-state index in [4.69, 9.17) is 69.6 Å². The molecule has 0 spiro atoms. The molecule has 5 aliphatic rings. The summed E-state index contributed by atoms with van der Waals surface area (Å²) in [4.78, 5) is 132. The number of terminal acetylenes is 2. The van der Waals surface area contributed by atoms with Crippen LogP contribution in [0.4, 0.5) is 29.1 Å². The molecule has 0 unspecified atom stereocenters. The molecule has 5 amide bonds.